The Morgan fingerprint density at radius 2 is 2.15 bits per heavy atom. The van der Waals surface area contributed by atoms with Gasteiger partial charge < -0.3 is 5.73 Å². The van der Waals surface area contributed by atoms with E-state index in [2.05, 4.69) is 47.7 Å². The van der Waals surface area contributed by atoms with Crippen LogP contribution < -0.4 is 5.73 Å². The van der Waals surface area contributed by atoms with Crippen molar-refractivity contribution in [1.29, 1.82) is 0 Å². The summed E-state index contributed by atoms with van der Waals surface area (Å²) in [5.74, 6) is 0.747. The average Bonchev–Trinajstić information content (AvgIpc) is 2.91. The predicted octanol–water partition coefficient (Wildman–Crippen LogP) is 3.01. The van der Waals surface area contributed by atoms with Gasteiger partial charge >= 0.3 is 0 Å². The number of hydrogen-bond acceptors (Lipinski definition) is 1. The minimum absolute atomic E-state index is 0.273. The van der Waals surface area contributed by atoms with Crippen molar-refractivity contribution in [3.63, 3.8) is 0 Å². The molecule has 0 radical (unpaired) electrons. The minimum atomic E-state index is 0.273. The van der Waals surface area contributed by atoms with E-state index in [1.165, 1.54) is 27.5 Å². The molecular weight excluding hydrogens is 273 g/mol. The summed E-state index contributed by atoms with van der Waals surface area (Å²) in [6.07, 6.45) is 2.62. The molecule has 13 heavy (non-hydrogen) atoms. The zero-order valence-electron chi connectivity index (χ0n) is 7.76. The van der Waals surface area contributed by atoms with Crippen LogP contribution in [0.25, 0.3) is 0 Å². The van der Waals surface area contributed by atoms with Gasteiger partial charge in [-0.15, -0.1) is 0 Å². The summed E-state index contributed by atoms with van der Waals surface area (Å²) in [5, 5.41) is 0. The van der Waals surface area contributed by atoms with Crippen LogP contribution in [0.2, 0.25) is 0 Å². The molecule has 1 fully saturated rings. The fourth-order valence-electron chi connectivity index (χ4n) is 1.69. The van der Waals surface area contributed by atoms with E-state index in [4.69, 9.17) is 5.73 Å². The van der Waals surface area contributed by atoms with Crippen LogP contribution in [0.5, 0.6) is 0 Å². The Balaban J connectivity index is 2.32. The fraction of sp³-hybridized carbons (Fsp3) is 0.455. The smallest absolute Gasteiger partial charge is 0.0326 e. The number of hydrogen-bond donors (Lipinski definition) is 1. The highest BCUT2D eigenvalue weighted by Crippen LogP contribution is 2.40. The van der Waals surface area contributed by atoms with Crippen molar-refractivity contribution in [2.75, 3.05) is 0 Å². The van der Waals surface area contributed by atoms with Crippen LogP contribution in [0.15, 0.2) is 18.2 Å². The molecule has 1 aromatic carbocycles. The van der Waals surface area contributed by atoms with E-state index in [0.29, 0.717) is 0 Å². The largest absolute Gasteiger partial charge is 0.324 e. The lowest BCUT2D eigenvalue weighted by atomic mass is 9.99. The number of rotatable bonds is 2. The molecule has 2 rings (SSSR count). The molecule has 1 saturated carbocycles. The van der Waals surface area contributed by atoms with Crippen LogP contribution in [-0.2, 0) is 0 Å². The normalized spacial score (nSPS) is 18.7. The van der Waals surface area contributed by atoms with Crippen LogP contribution in [0.4, 0.5) is 0 Å². The second kappa shape index (κ2) is 3.58. The fourth-order valence-corrected chi connectivity index (χ4v) is 2.21. The lowest BCUT2D eigenvalue weighted by molar-refractivity contribution is 0.629. The second-order valence-corrected chi connectivity index (χ2v) is 4.98. The van der Waals surface area contributed by atoms with Gasteiger partial charge in [0.25, 0.3) is 0 Å². The molecule has 0 aliphatic heterocycles. The van der Waals surface area contributed by atoms with Gasteiger partial charge in [-0.25, -0.2) is 0 Å². The Hall–Kier alpha value is -0.0900. The van der Waals surface area contributed by atoms with E-state index < -0.39 is 0 Å². The molecule has 70 valence electrons. The Morgan fingerprint density at radius 3 is 2.77 bits per heavy atom. The maximum atomic E-state index is 6.17. The van der Waals surface area contributed by atoms with Gasteiger partial charge in [-0.1, -0.05) is 12.1 Å². The average molecular weight is 287 g/mol. The van der Waals surface area contributed by atoms with Crippen molar-refractivity contribution < 1.29 is 0 Å². The first-order valence-electron chi connectivity index (χ1n) is 4.70. The van der Waals surface area contributed by atoms with Gasteiger partial charge in [0.1, 0.15) is 0 Å². The molecule has 1 aromatic rings. The van der Waals surface area contributed by atoms with E-state index in [1.807, 2.05) is 0 Å². The zero-order chi connectivity index (χ0) is 9.42. The van der Waals surface area contributed by atoms with E-state index in [1.54, 1.807) is 0 Å². The lowest BCUT2D eigenvalue weighted by Gasteiger charge is -2.14. The standard InChI is InChI=1S/C11H14IN/c1-7-9(3-2-4-10(7)12)11(13)8-5-6-8/h2-4,8,11H,5-6,13H2,1H3. The molecule has 1 aliphatic rings. The first kappa shape index (κ1) is 9.46. The lowest BCUT2D eigenvalue weighted by Crippen LogP contribution is -2.14. The topological polar surface area (TPSA) is 26.0 Å². The van der Waals surface area contributed by atoms with Crippen molar-refractivity contribution in [2.24, 2.45) is 11.7 Å². The molecule has 0 aromatic heterocycles. The van der Waals surface area contributed by atoms with Gasteiger partial charge in [0.15, 0.2) is 0 Å². The third-order valence-corrected chi connectivity index (χ3v) is 3.97. The third kappa shape index (κ3) is 1.89. The van der Waals surface area contributed by atoms with Crippen LogP contribution >= 0.6 is 22.6 Å². The van der Waals surface area contributed by atoms with Crippen molar-refractivity contribution in [2.45, 2.75) is 25.8 Å². The summed E-state index contributed by atoms with van der Waals surface area (Å²) in [6, 6.07) is 6.68. The maximum Gasteiger partial charge on any atom is 0.0326 e. The van der Waals surface area contributed by atoms with Crippen molar-refractivity contribution >= 4 is 22.6 Å². The molecule has 0 bridgehead atoms. The zero-order valence-corrected chi connectivity index (χ0v) is 9.91. The van der Waals surface area contributed by atoms with E-state index >= 15 is 0 Å². The molecule has 0 heterocycles. The monoisotopic (exact) mass is 287 g/mol. The van der Waals surface area contributed by atoms with Crippen LogP contribution in [0, 0.1) is 16.4 Å². The molecule has 0 amide bonds. The van der Waals surface area contributed by atoms with Crippen molar-refractivity contribution in [1.82, 2.24) is 0 Å². The molecule has 2 N–H and O–H groups in total. The first-order chi connectivity index (χ1) is 6.20. The molecule has 2 heteroatoms. The predicted molar refractivity (Wildman–Crippen MR) is 63.5 cm³/mol. The van der Waals surface area contributed by atoms with E-state index in [-0.39, 0.29) is 6.04 Å². The van der Waals surface area contributed by atoms with Gasteiger partial charge in [-0.05, 0) is 65.5 Å². The highest BCUT2D eigenvalue weighted by Gasteiger charge is 2.30. The van der Waals surface area contributed by atoms with Gasteiger partial charge in [0, 0.05) is 9.61 Å². The molecule has 0 spiro atoms. The van der Waals surface area contributed by atoms with E-state index in [9.17, 15) is 0 Å². The summed E-state index contributed by atoms with van der Waals surface area (Å²) >= 11 is 2.37. The quantitative estimate of drug-likeness (QED) is 0.831. The maximum absolute atomic E-state index is 6.17. The van der Waals surface area contributed by atoms with Crippen molar-refractivity contribution in [3.8, 4) is 0 Å². The highest BCUT2D eigenvalue weighted by molar-refractivity contribution is 14.1. The second-order valence-electron chi connectivity index (χ2n) is 3.82. The van der Waals surface area contributed by atoms with Crippen LogP contribution in [0.3, 0.4) is 0 Å². The molecule has 1 nitrogen and oxygen atoms in total. The molecule has 1 unspecified atom stereocenters. The molecule has 1 aliphatic carbocycles. The summed E-state index contributed by atoms with van der Waals surface area (Å²) in [6.45, 7) is 2.17. The van der Waals surface area contributed by atoms with E-state index in [0.717, 1.165) is 5.92 Å². The number of nitrogens with two attached hydrogens (primary N) is 1. The third-order valence-electron chi connectivity index (χ3n) is 2.80. The number of benzene rings is 1. The number of halogens is 1. The SMILES string of the molecule is Cc1c(I)cccc1C(N)C1CC1. The Labute approximate surface area is 92.9 Å². The van der Waals surface area contributed by atoms with Gasteiger partial charge in [0.05, 0.1) is 0 Å². The summed E-state index contributed by atoms with van der Waals surface area (Å²) in [5.41, 5.74) is 8.87. The minimum Gasteiger partial charge on any atom is -0.324 e. The molecule has 0 saturated heterocycles. The summed E-state index contributed by atoms with van der Waals surface area (Å²) in [7, 11) is 0. The Morgan fingerprint density at radius 1 is 1.46 bits per heavy atom. The van der Waals surface area contributed by atoms with Gasteiger partial charge in [-0.3, -0.25) is 0 Å². The van der Waals surface area contributed by atoms with Crippen molar-refractivity contribution in [3.05, 3.63) is 32.9 Å². The van der Waals surface area contributed by atoms with Crippen LogP contribution in [0.1, 0.15) is 30.0 Å². The Kier molecular flexibility index (Phi) is 2.60. The van der Waals surface area contributed by atoms with Gasteiger partial charge in [0.2, 0.25) is 0 Å². The summed E-state index contributed by atoms with van der Waals surface area (Å²) in [4.78, 5) is 0. The van der Waals surface area contributed by atoms with Crippen LogP contribution in [-0.4, -0.2) is 0 Å². The molecular formula is C11H14IN. The first-order valence-corrected chi connectivity index (χ1v) is 5.78. The summed E-state index contributed by atoms with van der Waals surface area (Å²) < 4.78 is 1.33. The highest BCUT2D eigenvalue weighted by atomic mass is 127. The Bertz CT molecular complexity index is 318. The molecule has 1 atom stereocenters. The van der Waals surface area contributed by atoms with Gasteiger partial charge in [-0.2, -0.15) is 0 Å².